The molecule has 0 saturated heterocycles. The number of benzene rings is 1. The largest absolute Gasteiger partial charge is 0.495 e. The van der Waals surface area contributed by atoms with Gasteiger partial charge in [0.25, 0.3) is 0 Å². The van der Waals surface area contributed by atoms with Crippen molar-refractivity contribution >= 4 is 33.3 Å². The van der Waals surface area contributed by atoms with Crippen LogP contribution in [0.15, 0.2) is 16.6 Å². The molecule has 0 N–H and O–H groups in total. The van der Waals surface area contributed by atoms with Gasteiger partial charge in [-0.1, -0.05) is 0 Å². The molecular weight excluding hydrogens is 274 g/mol. The van der Waals surface area contributed by atoms with Crippen molar-refractivity contribution < 1.29 is 13.9 Å². The molecule has 0 bridgehead atoms. The lowest BCUT2D eigenvalue weighted by Crippen LogP contribution is -2.04. The van der Waals surface area contributed by atoms with Crippen LogP contribution in [0, 0.1) is 5.82 Å². The minimum Gasteiger partial charge on any atom is -0.495 e. The molecule has 0 spiro atoms. The van der Waals surface area contributed by atoms with Crippen molar-refractivity contribution in [3.8, 4) is 5.75 Å². The Hall–Kier alpha value is -0.610. The lowest BCUT2D eigenvalue weighted by molar-refractivity contribution is 0.101. The molecule has 76 valence electrons. The molecule has 2 nitrogen and oxygen atoms in total. The summed E-state index contributed by atoms with van der Waals surface area (Å²) in [6, 6.07) is 2.86. The van der Waals surface area contributed by atoms with Crippen molar-refractivity contribution in [3.63, 3.8) is 0 Å². The van der Waals surface area contributed by atoms with Crippen LogP contribution in [0.25, 0.3) is 0 Å². The van der Waals surface area contributed by atoms with Crippen molar-refractivity contribution in [2.75, 3.05) is 13.0 Å². The van der Waals surface area contributed by atoms with E-state index in [1.54, 1.807) is 0 Å². The number of alkyl halides is 1. The number of halogens is 3. The van der Waals surface area contributed by atoms with Crippen LogP contribution in [-0.2, 0) is 0 Å². The van der Waals surface area contributed by atoms with Gasteiger partial charge in [-0.05, 0) is 28.1 Å². The van der Waals surface area contributed by atoms with Crippen LogP contribution in [0.2, 0.25) is 0 Å². The van der Waals surface area contributed by atoms with E-state index in [1.165, 1.54) is 19.2 Å². The summed E-state index contributed by atoms with van der Waals surface area (Å²) in [5.74, 6) is -0.994. The third-order valence-corrected chi connectivity index (χ3v) is 2.67. The molecule has 0 unspecified atom stereocenters. The molecule has 0 saturated carbocycles. The first-order valence-electron chi connectivity index (χ1n) is 3.73. The summed E-state index contributed by atoms with van der Waals surface area (Å²) < 4.78 is 18.5. The smallest absolute Gasteiger partial charge is 0.180 e. The molecule has 0 radical (unpaired) electrons. The maximum absolute atomic E-state index is 13.5. The Morgan fingerprint density at radius 1 is 1.64 bits per heavy atom. The molecule has 0 heterocycles. The van der Waals surface area contributed by atoms with Crippen LogP contribution in [0.5, 0.6) is 5.75 Å². The maximum atomic E-state index is 13.5. The zero-order valence-electron chi connectivity index (χ0n) is 7.31. The van der Waals surface area contributed by atoms with Crippen molar-refractivity contribution in [2.45, 2.75) is 0 Å². The Bertz CT molecular complexity index is 368. The fourth-order valence-electron chi connectivity index (χ4n) is 0.977. The normalized spacial score (nSPS) is 10.0. The first kappa shape index (κ1) is 11.5. The summed E-state index contributed by atoms with van der Waals surface area (Å²) in [5.41, 5.74) is -0.0346. The van der Waals surface area contributed by atoms with E-state index >= 15 is 0 Å². The Labute approximate surface area is 94.1 Å². The molecule has 1 aromatic rings. The first-order valence-corrected chi connectivity index (χ1v) is 5.05. The molecule has 0 aliphatic carbocycles. The first-order chi connectivity index (χ1) is 6.61. The van der Waals surface area contributed by atoms with E-state index in [9.17, 15) is 9.18 Å². The number of carbonyl (C=O) groups excluding carboxylic acids is 1. The average molecular weight is 282 g/mol. The minimum atomic E-state index is -0.644. The molecule has 1 aromatic carbocycles. The van der Waals surface area contributed by atoms with Gasteiger partial charge in [0.2, 0.25) is 0 Å². The highest BCUT2D eigenvalue weighted by Crippen LogP contribution is 2.29. The summed E-state index contributed by atoms with van der Waals surface area (Å²) in [5, 5.41) is 0. The van der Waals surface area contributed by atoms with Gasteiger partial charge in [0, 0.05) is 0 Å². The summed E-state index contributed by atoms with van der Waals surface area (Å²) in [6.07, 6.45) is 0. The maximum Gasteiger partial charge on any atom is 0.180 e. The Morgan fingerprint density at radius 2 is 2.29 bits per heavy atom. The second kappa shape index (κ2) is 4.75. The quantitative estimate of drug-likeness (QED) is 0.629. The summed E-state index contributed by atoms with van der Waals surface area (Å²) in [7, 11) is 1.42. The van der Waals surface area contributed by atoms with Gasteiger partial charge in [-0.25, -0.2) is 4.39 Å². The van der Waals surface area contributed by atoms with Crippen LogP contribution in [0.3, 0.4) is 0 Å². The molecule has 0 fully saturated rings. The van der Waals surface area contributed by atoms with Crippen LogP contribution < -0.4 is 4.74 Å². The Balaban J connectivity index is 3.24. The number of methoxy groups -OCH3 is 1. The topological polar surface area (TPSA) is 26.3 Å². The summed E-state index contributed by atoms with van der Waals surface area (Å²) in [6.45, 7) is 0. The van der Waals surface area contributed by atoms with Gasteiger partial charge in [-0.2, -0.15) is 0 Å². The van der Waals surface area contributed by atoms with Crippen LogP contribution in [0.1, 0.15) is 10.4 Å². The van der Waals surface area contributed by atoms with E-state index < -0.39 is 11.6 Å². The zero-order valence-corrected chi connectivity index (χ0v) is 9.65. The SMILES string of the molecule is COc1ccc(C(=O)CCl)c(F)c1Br. The predicted octanol–water partition coefficient (Wildman–Crippen LogP) is 3.02. The van der Waals surface area contributed by atoms with Crippen LogP contribution in [-0.4, -0.2) is 18.8 Å². The standard InChI is InChI=1S/C9H7BrClFO2/c1-14-7-3-2-5(6(13)4-11)9(12)8(7)10/h2-3H,4H2,1H3. The van der Waals surface area contributed by atoms with E-state index in [0.29, 0.717) is 5.75 Å². The molecule has 0 aliphatic heterocycles. The molecule has 0 atom stereocenters. The highest BCUT2D eigenvalue weighted by atomic mass is 79.9. The summed E-state index contributed by atoms with van der Waals surface area (Å²) >= 11 is 8.32. The van der Waals surface area contributed by atoms with Gasteiger partial charge in [-0.3, -0.25) is 4.79 Å². The Morgan fingerprint density at radius 3 is 2.79 bits per heavy atom. The fourth-order valence-corrected chi connectivity index (χ4v) is 1.63. The fraction of sp³-hybridized carbons (Fsp3) is 0.222. The molecule has 0 aliphatic rings. The van der Waals surface area contributed by atoms with E-state index in [-0.39, 0.29) is 15.9 Å². The average Bonchev–Trinajstić information content (AvgIpc) is 2.21. The molecular formula is C9H7BrClFO2. The van der Waals surface area contributed by atoms with E-state index in [2.05, 4.69) is 15.9 Å². The monoisotopic (exact) mass is 280 g/mol. The van der Waals surface area contributed by atoms with E-state index in [0.717, 1.165) is 0 Å². The van der Waals surface area contributed by atoms with Gasteiger partial charge in [0.1, 0.15) is 5.75 Å². The predicted molar refractivity (Wildman–Crippen MR) is 55.7 cm³/mol. The number of ketones is 1. The molecule has 14 heavy (non-hydrogen) atoms. The number of ether oxygens (including phenoxy) is 1. The second-order valence-electron chi connectivity index (χ2n) is 2.50. The minimum absolute atomic E-state index is 0.0346. The number of hydrogen-bond acceptors (Lipinski definition) is 2. The van der Waals surface area contributed by atoms with Crippen molar-refractivity contribution in [2.24, 2.45) is 0 Å². The van der Waals surface area contributed by atoms with Gasteiger partial charge < -0.3 is 4.74 Å². The molecule has 1 rings (SSSR count). The Kier molecular flexibility index (Phi) is 3.89. The van der Waals surface area contributed by atoms with Gasteiger partial charge in [-0.15, -0.1) is 11.6 Å². The number of hydrogen-bond donors (Lipinski definition) is 0. The molecule has 5 heteroatoms. The number of Topliss-reactive ketones (excluding diaryl/α,β-unsaturated/α-hetero) is 1. The van der Waals surface area contributed by atoms with Crippen molar-refractivity contribution in [1.82, 2.24) is 0 Å². The van der Waals surface area contributed by atoms with Gasteiger partial charge in [0.15, 0.2) is 11.6 Å². The molecule has 0 aromatic heterocycles. The van der Waals surface area contributed by atoms with Gasteiger partial charge in [0.05, 0.1) is 23.0 Å². The van der Waals surface area contributed by atoms with Crippen LogP contribution in [0.4, 0.5) is 4.39 Å². The highest BCUT2D eigenvalue weighted by Gasteiger charge is 2.16. The number of rotatable bonds is 3. The van der Waals surface area contributed by atoms with Crippen molar-refractivity contribution in [3.05, 3.63) is 28.0 Å². The van der Waals surface area contributed by atoms with Gasteiger partial charge >= 0.3 is 0 Å². The van der Waals surface area contributed by atoms with E-state index in [4.69, 9.17) is 16.3 Å². The third-order valence-electron chi connectivity index (χ3n) is 1.69. The summed E-state index contributed by atoms with van der Waals surface area (Å²) in [4.78, 5) is 11.2. The van der Waals surface area contributed by atoms with Crippen molar-refractivity contribution in [1.29, 1.82) is 0 Å². The third kappa shape index (κ3) is 2.07. The van der Waals surface area contributed by atoms with Crippen LogP contribution >= 0.6 is 27.5 Å². The second-order valence-corrected chi connectivity index (χ2v) is 3.56. The molecule has 0 amide bonds. The highest BCUT2D eigenvalue weighted by molar-refractivity contribution is 9.10. The number of carbonyl (C=O) groups is 1. The van der Waals surface area contributed by atoms with E-state index in [1.807, 2.05) is 0 Å². The zero-order chi connectivity index (χ0) is 10.7. The lowest BCUT2D eigenvalue weighted by Gasteiger charge is -2.06. The lowest BCUT2D eigenvalue weighted by atomic mass is 10.1.